The van der Waals surface area contributed by atoms with E-state index in [0.29, 0.717) is 6.54 Å². The Morgan fingerprint density at radius 2 is 1.76 bits per heavy atom. The Balaban J connectivity index is 2.88. The predicted octanol–water partition coefficient (Wildman–Crippen LogP) is 1.79. The second-order valence-corrected chi connectivity index (χ2v) is 6.01. The van der Waals surface area contributed by atoms with Crippen molar-refractivity contribution in [3.63, 3.8) is 0 Å². The van der Waals surface area contributed by atoms with E-state index in [1.807, 2.05) is 45.0 Å². The summed E-state index contributed by atoms with van der Waals surface area (Å²) < 4.78 is 0. The van der Waals surface area contributed by atoms with Crippen LogP contribution in [0.3, 0.4) is 0 Å². The summed E-state index contributed by atoms with van der Waals surface area (Å²) in [7, 11) is 0. The minimum absolute atomic E-state index is 0.0540. The molecular weight excluding hydrogens is 268 g/mol. The molecule has 5 heteroatoms. The van der Waals surface area contributed by atoms with Crippen LogP contribution in [0.4, 0.5) is 0 Å². The number of rotatable bonds is 6. The third-order valence-electron chi connectivity index (χ3n) is 3.34. The molecule has 3 N–H and O–H groups in total. The fraction of sp³-hybridized carbons (Fsp3) is 0.500. The zero-order chi connectivity index (χ0) is 16.0. The number of carboxylic acids is 1. The van der Waals surface area contributed by atoms with E-state index in [2.05, 4.69) is 0 Å². The van der Waals surface area contributed by atoms with Crippen LogP contribution in [-0.2, 0) is 22.6 Å². The Bertz CT molecular complexity index is 506. The lowest BCUT2D eigenvalue weighted by Crippen LogP contribution is -2.47. The lowest BCUT2D eigenvalue weighted by atomic mass is 10.0. The molecule has 0 atom stereocenters. The SMILES string of the molecule is CC(C)(C)N(CCC(=O)O)C(=O)Cc1ccccc1CN. The van der Waals surface area contributed by atoms with E-state index in [0.717, 1.165) is 11.1 Å². The van der Waals surface area contributed by atoms with E-state index in [4.69, 9.17) is 10.8 Å². The van der Waals surface area contributed by atoms with Crippen molar-refractivity contribution >= 4 is 11.9 Å². The minimum Gasteiger partial charge on any atom is -0.481 e. The first-order chi connectivity index (χ1) is 9.75. The Kier molecular flexibility index (Phi) is 5.90. The second-order valence-electron chi connectivity index (χ2n) is 6.01. The molecule has 0 aliphatic carbocycles. The van der Waals surface area contributed by atoms with Crippen LogP contribution < -0.4 is 5.73 Å². The van der Waals surface area contributed by atoms with Crippen LogP contribution in [0.2, 0.25) is 0 Å². The van der Waals surface area contributed by atoms with Crippen molar-refractivity contribution < 1.29 is 14.7 Å². The first kappa shape index (κ1) is 17.2. The van der Waals surface area contributed by atoms with E-state index in [9.17, 15) is 9.59 Å². The Labute approximate surface area is 125 Å². The first-order valence-electron chi connectivity index (χ1n) is 7.05. The largest absolute Gasteiger partial charge is 0.481 e. The monoisotopic (exact) mass is 292 g/mol. The molecule has 0 heterocycles. The van der Waals surface area contributed by atoms with Gasteiger partial charge in [0.25, 0.3) is 0 Å². The maximum Gasteiger partial charge on any atom is 0.305 e. The van der Waals surface area contributed by atoms with Crippen LogP contribution in [0.1, 0.15) is 38.3 Å². The molecule has 0 fully saturated rings. The van der Waals surface area contributed by atoms with Crippen molar-refractivity contribution in [1.82, 2.24) is 4.90 Å². The van der Waals surface area contributed by atoms with Crippen LogP contribution in [-0.4, -0.2) is 34.0 Å². The van der Waals surface area contributed by atoms with Gasteiger partial charge in [-0.05, 0) is 31.9 Å². The van der Waals surface area contributed by atoms with Crippen LogP contribution >= 0.6 is 0 Å². The van der Waals surface area contributed by atoms with Gasteiger partial charge in [-0.2, -0.15) is 0 Å². The summed E-state index contributed by atoms with van der Waals surface area (Å²) >= 11 is 0. The zero-order valence-corrected chi connectivity index (χ0v) is 12.9. The van der Waals surface area contributed by atoms with Gasteiger partial charge in [-0.3, -0.25) is 9.59 Å². The summed E-state index contributed by atoms with van der Waals surface area (Å²) in [6.07, 6.45) is 0.186. The molecule has 116 valence electrons. The maximum atomic E-state index is 12.5. The van der Waals surface area contributed by atoms with Gasteiger partial charge in [-0.25, -0.2) is 0 Å². The quantitative estimate of drug-likeness (QED) is 0.837. The molecule has 0 saturated carbocycles. The molecule has 0 aromatic heterocycles. The fourth-order valence-corrected chi connectivity index (χ4v) is 2.23. The van der Waals surface area contributed by atoms with Crippen molar-refractivity contribution in [2.45, 2.75) is 45.7 Å². The number of carbonyl (C=O) groups excluding carboxylic acids is 1. The molecule has 0 aliphatic heterocycles. The number of amides is 1. The summed E-state index contributed by atoms with van der Waals surface area (Å²) in [4.78, 5) is 24.9. The number of nitrogens with zero attached hydrogens (tertiary/aromatic N) is 1. The summed E-state index contributed by atoms with van der Waals surface area (Å²) in [6, 6.07) is 7.56. The summed E-state index contributed by atoms with van der Waals surface area (Å²) in [6.45, 7) is 6.31. The van der Waals surface area contributed by atoms with Crippen molar-refractivity contribution in [3.05, 3.63) is 35.4 Å². The van der Waals surface area contributed by atoms with Crippen LogP contribution in [0, 0.1) is 0 Å². The van der Waals surface area contributed by atoms with Crippen molar-refractivity contribution in [1.29, 1.82) is 0 Å². The van der Waals surface area contributed by atoms with Crippen molar-refractivity contribution in [2.75, 3.05) is 6.54 Å². The van der Waals surface area contributed by atoms with Gasteiger partial charge in [0.1, 0.15) is 0 Å². The Morgan fingerprint density at radius 3 is 2.24 bits per heavy atom. The van der Waals surface area contributed by atoms with Crippen LogP contribution in [0.15, 0.2) is 24.3 Å². The minimum atomic E-state index is -0.903. The highest BCUT2D eigenvalue weighted by atomic mass is 16.4. The molecule has 0 radical (unpaired) electrons. The van der Waals surface area contributed by atoms with E-state index >= 15 is 0 Å². The van der Waals surface area contributed by atoms with E-state index in [-0.39, 0.29) is 25.3 Å². The Morgan fingerprint density at radius 1 is 1.19 bits per heavy atom. The average molecular weight is 292 g/mol. The van der Waals surface area contributed by atoms with Gasteiger partial charge < -0.3 is 15.7 Å². The molecule has 1 amide bonds. The summed E-state index contributed by atoms with van der Waals surface area (Å²) in [5.41, 5.74) is 7.11. The topological polar surface area (TPSA) is 83.6 Å². The molecule has 5 nitrogen and oxygen atoms in total. The number of carboxylic acid groups (broad SMARTS) is 1. The normalized spacial score (nSPS) is 11.2. The number of hydrogen-bond donors (Lipinski definition) is 2. The third kappa shape index (κ3) is 5.19. The van der Waals surface area contributed by atoms with Crippen LogP contribution in [0.5, 0.6) is 0 Å². The van der Waals surface area contributed by atoms with E-state index in [1.165, 1.54) is 0 Å². The molecule has 0 unspecified atom stereocenters. The lowest BCUT2D eigenvalue weighted by molar-refractivity contribution is -0.140. The number of nitrogens with two attached hydrogens (primary N) is 1. The van der Waals surface area contributed by atoms with Gasteiger partial charge in [0.2, 0.25) is 5.91 Å². The molecule has 0 bridgehead atoms. The molecule has 1 aromatic rings. The lowest BCUT2D eigenvalue weighted by Gasteiger charge is -2.35. The van der Waals surface area contributed by atoms with Gasteiger partial charge in [-0.15, -0.1) is 0 Å². The van der Waals surface area contributed by atoms with Gasteiger partial charge in [0.05, 0.1) is 12.8 Å². The molecule has 21 heavy (non-hydrogen) atoms. The number of hydrogen-bond acceptors (Lipinski definition) is 3. The van der Waals surface area contributed by atoms with E-state index < -0.39 is 11.5 Å². The summed E-state index contributed by atoms with van der Waals surface area (Å²) in [5, 5.41) is 8.83. The maximum absolute atomic E-state index is 12.5. The average Bonchev–Trinajstić information content (AvgIpc) is 2.37. The molecule has 0 saturated heterocycles. The number of benzene rings is 1. The highest BCUT2D eigenvalue weighted by molar-refractivity contribution is 5.80. The van der Waals surface area contributed by atoms with E-state index in [1.54, 1.807) is 4.90 Å². The van der Waals surface area contributed by atoms with Gasteiger partial charge in [0.15, 0.2) is 0 Å². The third-order valence-corrected chi connectivity index (χ3v) is 3.34. The highest BCUT2D eigenvalue weighted by Gasteiger charge is 2.27. The van der Waals surface area contributed by atoms with Crippen molar-refractivity contribution in [3.8, 4) is 0 Å². The van der Waals surface area contributed by atoms with Gasteiger partial charge in [0, 0.05) is 18.6 Å². The van der Waals surface area contributed by atoms with Gasteiger partial charge in [-0.1, -0.05) is 24.3 Å². The van der Waals surface area contributed by atoms with Crippen molar-refractivity contribution in [2.24, 2.45) is 5.73 Å². The van der Waals surface area contributed by atoms with Crippen LogP contribution in [0.25, 0.3) is 0 Å². The predicted molar refractivity (Wildman–Crippen MR) is 81.8 cm³/mol. The molecule has 1 aromatic carbocycles. The number of carbonyl (C=O) groups is 2. The standard InChI is InChI=1S/C16H24N2O3/c1-16(2,3)18(9-8-15(20)21)14(19)10-12-6-4-5-7-13(12)11-17/h4-7H,8-11,17H2,1-3H3,(H,20,21). The Hall–Kier alpha value is -1.88. The first-order valence-corrected chi connectivity index (χ1v) is 7.05. The fourth-order valence-electron chi connectivity index (χ4n) is 2.23. The zero-order valence-electron chi connectivity index (χ0n) is 12.9. The molecule has 0 aliphatic rings. The molecule has 0 spiro atoms. The smallest absolute Gasteiger partial charge is 0.305 e. The number of aliphatic carboxylic acids is 1. The highest BCUT2D eigenvalue weighted by Crippen LogP contribution is 2.17. The van der Waals surface area contributed by atoms with Gasteiger partial charge >= 0.3 is 5.97 Å². The molecular formula is C16H24N2O3. The molecule has 1 rings (SSSR count). The second kappa shape index (κ2) is 7.22. The summed E-state index contributed by atoms with van der Waals surface area (Å²) in [5.74, 6) is -0.982.